The summed E-state index contributed by atoms with van der Waals surface area (Å²) in [6, 6.07) is 16.0. The van der Waals surface area contributed by atoms with Gasteiger partial charge in [-0.05, 0) is 30.7 Å². The van der Waals surface area contributed by atoms with Crippen LogP contribution in [0, 0.1) is 0 Å². The number of hydrogen-bond donors (Lipinski definition) is 3. The van der Waals surface area contributed by atoms with Crippen molar-refractivity contribution in [3.05, 3.63) is 76.3 Å². The number of nitrogens with zero attached hydrogens (tertiary/aromatic N) is 1. The minimum Gasteiger partial charge on any atom is -0.361 e. The Morgan fingerprint density at radius 1 is 1.00 bits per heavy atom. The average molecular weight is 415 g/mol. The highest BCUT2D eigenvalue weighted by Gasteiger charge is 2.15. The van der Waals surface area contributed by atoms with Gasteiger partial charge in [-0.25, -0.2) is 9.78 Å². The van der Waals surface area contributed by atoms with Gasteiger partial charge in [-0.15, -0.1) is 0 Å². The molecule has 0 aliphatic heterocycles. The Labute approximate surface area is 172 Å². The highest BCUT2D eigenvalue weighted by atomic mass is 35.5. The SMILES string of the molecule is O=C(NCCCNc1ncc(C(=O)c2ccccc2Cl)s1)Nc1ccccc1. The van der Waals surface area contributed by atoms with Crippen molar-refractivity contribution in [1.82, 2.24) is 10.3 Å². The van der Waals surface area contributed by atoms with E-state index in [1.54, 1.807) is 30.5 Å². The number of anilines is 2. The van der Waals surface area contributed by atoms with Crippen LogP contribution in [0.1, 0.15) is 21.7 Å². The first-order valence-corrected chi connectivity index (χ1v) is 9.92. The van der Waals surface area contributed by atoms with E-state index in [0.717, 1.165) is 12.1 Å². The Hall–Kier alpha value is -2.90. The van der Waals surface area contributed by atoms with Crippen LogP contribution in [0.15, 0.2) is 60.8 Å². The van der Waals surface area contributed by atoms with E-state index in [9.17, 15) is 9.59 Å². The zero-order valence-corrected chi connectivity index (χ0v) is 16.5. The van der Waals surface area contributed by atoms with E-state index in [2.05, 4.69) is 20.9 Å². The number of amides is 2. The van der Waals surface area contributed by atoms with Crippen molar-refractivity contribution in [2.75, 3.05) is 23.7 Å². The monoisotopic (exact) mass is 414 g/mol. The van der Waals surface area contributed by atoms with Gasteiger partial charge in [0.1, 0.15) is 0 Å². The maximum Gasteiger partial charge on any atom is 0.319 e. The predicted octanol–water partition coefficient (Wildman–Crippen LogP) is 4.65. The lowest BCUT2D eigenvalue weighted by Gasteiger charge is -2.07. The summed E-state index contributed by atoms with van der Waals surface area (Å²) >= 11 is 7.36. The molecule has 1 aromatic heterocycles. The fourth-order valence-electron chi connectivity index (χ4n) is 2.42. The van der Waals surface area contributed by atoms with Crippen molar-refractivity contribution >= 4 is 45.6 Å². The lowest BCUT2D eigenvalue weighted by atomic mass is 10.1. The van der Waals surface area contributed by atoms with Crippen LogP contribution < -0.4 is 16.0 Å². The molecule has 0 bridgehead atoms. The summed E-state index contributed by atoms with van der Waals surface area (Å²) in [5.41, 5.74) is 1.21. The van der Waals surface area contributed by atoms with Crippen molar-refractivity contribution < 1.29 is 9.59 Å². The van der Waals surface area contributed by atoms with Crippen LogP contribution in [-0.2, 0) is 0 Å². The molecule has 0 atom stereocenters. The first-order chi connectivity index (χ1) is 13.6. The molecular weight excluding hydrogens is 396 g/mol. The number of nitrogens with one attached hydrogen (secondary N) is 3. The Bertz CT molecular complexity index is 946. The second kappa shape index (κ2) is 9.87. The van der Waals surface area contributed by atoms with E-state index in [-0.39, 0.29) is 11.8 Å². The first kappa shape index (κ1) is 19.9. The molecule has 0 aliphatic rings. The maximum atomic E-state index is 12.5. The standard InChI is InChI=1S/C20H19ClN4O2S/c21-16-10-5-4-9-15(16)18(26)17-13-24-20(28-17)23-12-6-11-22-19(27)25-14-7-2-1-3-8-14/h1-5,7-10,13H,6,11-12H2,(H,23,24)(H2,22,25,27). The van der Waals surface area contributed by atoms with E-state index < -0.39 is 0 Å². The quantitative estimate of drug-likeness (QED) is 0.370. The predicted molar refractivity (Wildman–Crippen MR) is 114 cm³/mol. The lowest BCUT2D eigenvalue weighted by Crippen LogP contribution is -2.30. The maximum absolute atomic E-state index is 12.5. The Balaban J connectivity index is 1.40. The number of halogens is 1. The number of carbonyl (C=O) groups excluding carboxylic acids is 2. The van der Waals surface area contributed by atoms with Crippen molar-refractivity contribution in [2.45, 2.75) is 6.42 Å². The molecule has 2 aromatic carbocycles. The molecule has 2 amide bonds. The third-order valence-corrected chi connectivity index (χ3v) is 5.08. The van der Waals surface area contributed by atoms with Gasteiger partial charge in [0.05, 0.1) is 16.1 Å². The Morgan fingerprint density at radius 2 is 1.75 bits per heavy atom. The van der Waals surface area contributed by atoms with Gasteiger partial charge in [-0.3, -0.25) is 4.79 Å². The van der Waals surface area contributed by atoms with E-state index in [0.29, 0.717) is 33.7 Å². The molecular formula is C20H19ClN4O2S. The lowest BCUT2D eigenvalue weighted by molar-refractivity contribution is 0.104. The molecule has 0 radical (unpaired) electrons. The molecule has 28 heavy (non-hydrogen) atoms. The zero-order chi connectivity index (χ0) is 19.8. The second-order valence-corrected chi connectivity index (χ2v) is 7.30. The molecule has 3 N–H and O–H groups in total. The van der Waals surface area contributed by atoms with Crippen molar-refractivity contribution in [3.8, 4) is 0 Å². The number of urea groups is 1. The summed E-state index contributed by atoms with van der Waals surface area (Å²) in [7, 11) is 0. The van der Waals surface area contributed by atoms with E-state index in [1.165, 1.54) is 11.3 Å². The minimum atomic E-state index is -0.243. The molecule has 0 unspecified atom stereocenters. The third kappa shape index (κ3) is 5.55. The van der Waals surface area contributed by atoms with Gasteiger partial charge in [0.2, 0.25) is 5.78 Å². The van der Waals surface area contributed by atoms with Crippen LogP contribution in [-0.4, -0.2) is 29.9 Å². The Morgan fingerprint density at radius 3 is 2.54 bits per heavy atom. The number of rotatable bonds is 8. The molecule has 8 heteroatoms. The summed E-state index contributed by atoms with van der Waals surface area (Å²) < 4.78 is 0. The molecule has 3 rings (SSSR count). The first-order valence-electron chi connectivity index (χ1n) is 8.72. The van der Waals surface area contributed by atoms with Crippen molar-refractivity contribution in [3.63, 3.8) is 0 Å². The van der Waals surface area contributed by atoms with Gasteiger partial charge in [0.25, 0.3) is 0 Å². The average Bonchev–Trinajstić information content (AvgIpc) is 3.17. The molecule has 6 nitrogen and oxygen atoms in total. The molecule has 0 aliphatic carbocycles. The van der Waals surface area contributed by atoms with E-state index in [1.807, 2.05) is 30.3 Å². The van der Waals surface area contributed by atoms with Crippen LogP contribution in [0.25, 0.3) is 0 Å². The van der Waals surface area contributed by atoms with Crippen LogP contribution in [0.4, 0.5) is 15.6 Å². The molecule has 0 spiro atoms. The van der Waals surface area contributed by atoms with Gasteiger partial charge < -0.3 is 16.0 Å². The normalized spacial score (nSPS) is 10.3. The molecule has 0 fully saturated rings. The number of ketones is 1. The second-order valence-electron chi connectivity index (χ2n) is 5.87. The van der Waals surface area contributed by atoms with Gasteiger partial charge in [0, 0.05) is 24.3 Å². The van der Waals surface area contributed by atoms with Crippen LogP contribution in [0.3, 0.4) is 0 Å². The Kier molecular flexibility index (Phi) is 7.00. The van der Waals surface area contributed by atoms with Crippen molar-refractivity contribution in [2.24, 2.45) is 0 Å². The number of benzene rings is 2. The topological polar surface area (TPSA) is 83.1 Å². The molecule has 3 aromatic rings. The molecule has 1 heterocycles. The largest absolute Gasteiger partial charge is 0.361 e. The number of carbonyl (C=O) groups is 2. The molecule has 0 saturated carbocycles. The fourth-order valence-corrected chi connectivity index (χ4v) is 3.44. The third-order valence-electron chi connectivity index (χ3n) is 3.79. The summed E-state index contributed by atoms with van der Waals surface area (Å²) in [5, 5.41) is 9.79. The van der Waals surface area contributed by atoms with Gasteiger partial charge in [-0.2, -0.15) is 0 Å². The number of aromatic nitrogens is 1. The number of para-hydroxylation sites is 1. The van der Waals surface area contributed by atoms with Crippen LogP contribution >= 0.6 is 22.9 Å². The van der Waals surface area contributed by atoms with Gasteiger partial charge in [0.15, 0.2) is 5.13 Å². The zero-order valence-electron chi connectivity index (χ0n) is 14.9. The molecule has 144 valence electrons. The van der Waals surface area contributed by atoms with Crippen LogP contribution in [0.2, 0.25) is 5.02 Å². The molecule has 0 saturated heterocycles. The summed E-state index contributed by atoms with van der Waals surface area (Å²) in [6.45, 7) is 1.14. The summed E-state index contributed by atoms with van der Waals surface area (Å²) in [5.74, 6) is -0.143. The van der Waals surface area contributed by atoms with Crippen molar-refractivity contribution in [1.29, 1.82) is 0 Å². The fraction of sp³-hybridized carbons (Fsp3) is 0.150. The van der Waals surface area contributed by atoms with Crippen LogP contribution in [0.5, 0.6) is 0 Å². The summed E-state index contributed by atoms with van der Waals surface area (Å²) in [6.07, 6.45) is 2.26. The summed E-state index contributed by atoms with van der Waals surface area (Å²) in [4.78, 5) is 29.0. The van der Waals surface area contributed by atoms with E-state index >= 15 is 0 Å². The minimum absolute atomic E-state index is 0.143. The number of hydrogen-bond acceptors (Lipinski definition) is 5. The van der Waals surface area contributed by atoms with E-state index in [4.69, 9.17) is 11.6 Å². The number of thiazole rings is 1. The highest BCUT2D eigenvalue weighted by molar-refractivity contribution is 7.17. The van der Waals surface area contributed by atoms with Gasteiger partial charge in [-0.1, -0.05) is 53.3 Å². The van der Waals surface area contributed by atoms with Gasteiger partial charge >= 0.3 is 6.03 Å². The highest BCUT2D eigenvalue weighted by Crippen LogP contribution is 2.24. The smallest absolute Gasteiger partial charge is 0.319 e.